The fourth-order valence-corrected chi connectivity index (χ4v) is 4.56. The van der Waals surface area contributed by atoms with Crippen LogP contribution >= 0.6 is 0 Å². The van der Waals surface area contributed by atoms with Gasteiger partial charge in [-0.2, -0.15) is 0 Å². The van der Waals surface area contributed by atoms with Crippen LogP contribution in [0.5, 0.6) is 0 Å². The van der Waals surface area contributed by atoms with Crippen molar-refractivity contribution >= 4 is 11.8 Å². The molecule has 3 atom stereocenters. The van der Waals surface area contributed by atoms with Gasteiger partial charge in [0.05, 0.1) is 17.5 Å². The van der Waals surface area contributed by atoms with Crippen LogP contribution < -0.4 is 5.32 Å². The average Bonchev–Trinajstić information content (AvgIpc) is 3.18. The number of carbonyl (C=O) groups is 2. The van der Waals surface area contributed by atoms with E-state index < -0.39 is 23.6 Å². The van der Waals surface area contributed by atoms with Crippen molar-refractivity contribution in [1.29, 1.82) is 0 Å². The van der Waals surface area contributed by atoms with Crippen molar-refractivity contribution in [2.24, 2.45) is 5.41 Å². The summed E-state index contributed by atoms with van der Waals surface area (Å²) in [7, 11) is 0. The van der Waals surface area contributed by atoms with Crippen LogP contribution in [0.15, 0.2) is 10.7 Å². The van der Waals surface area contributed by atoms with Crippen LogP contribution in [0.3, 0.4) is 0 Å². The molecule has 2 N–H and O–H groups in total. The second-order valence-corrected chi connectivity index (χ2v) is 10.3. The summed E-state index contributed by atoms with van der Waals surface area (Å²) in [5, 5.41) is 25.8. The van der Waals surface area contributed by atoms with Gasteiger partial charge in [0.1, 0.15) is 17.8 Å². The molecule has 1 aliphatic carbocycles. The van der Waals surface area contributed by atoms with Gasteiger partial charge < -0.3 is 19.8 Å². The Balaban J connectivity index is 1.52. The maximum Gasteiger partial charge on any atom is 0.248 e. The maximum atomic E-state index is 13.8. The molecule has 0 bridgehead atoms. The third-order valence-electron chi connectivity index (χ3n) is 6.53. The zero-order chi connectivity index (χ0) is 23.9. The summed E-state index contributed by atoms with van der Waals surface area (Å²) in [4.78, 5) is 28.4. The Kier molecular flexibility index (Phi) is 6.30. The first-order valence-electron chi connectivity index (χ1n) is 11.7. The molecule has 0 aromatic carbocycles. The highest BCUT2D eigenvalue weighted by Crippen LogP contribution is 2.40. The monoisotopic (exact) mass is 458 g/mol. The van der Waals surface area contributed by atoms with Crippen molar-refractivity contribution in [3.05, 3.63) is 28.9 Å². The van der Waals surface area contributed by atoms with E-state index in [4.69, 9.17) is 4.52 Å². The summed E-state index contributed by atoms with van der Waals surface area (Å²) >= 11 is 0. The molecule has 180 valence electrons. The number of hydrogen-bond donors (Lipinski definition) is 2. The predicted octanol–water partition coefficient (Wildman–Crippen LogP) is 1.88. The van der Waals surface area contributed by atoms with Gasteiger partial charge >= 0.3 is 0 Å². The Bertz CT molecular complexity index is 1020. The van der Waals surface area contributed by atoms with Crippen molar-refractivity contribution in [2.75, 3.05) is 6.54 Å². The molecule has 2 amide bonds. The Morgan fingerprint density at radius 1 is 1.33 bits per heavy atom. The standard InChI is InChI=1S/C23H34N6O4/c1-6-19-16(13(2)26-33-19)10-24-21(31)18-9-15(30)11-28(18)22(32)20(23(3,4)5)29-12-17(25-27-29)14-7-8-14/h12,14-15,18,20,30H,6-11H2,1-5H3,(H,24,31)/t15?,18?,20-/m1/s1. The number of β-amino-alcohol motifs (C(OH)–C–C–N with tert-alkyl or cyclic N) is 1. The second-order valence-electron chi connectivity index (χ2n) is 10.3. The quantitative estimate of drug-likeness (QED) is 0.649. The Morgan fingerprint density at radius 2 is 2.06 bits per heavy atom. The summed E-state index contributed by atoms with van der Waals surface area (Å²) < 4.78 is 6.93. The van der Waals surface area contributed by atoms with E-state index in [9.17, 15) is 14.7 Å². The molecule has 10 heteroatoms. The van der Waals surface area contributed by atoms with E-state index in [0.717, 1.165) is 35.6 Å². The smallest absolute Gasteiger partial charge is 0.248 e. The number of likely N-dealkylation sites (tertiary alicyclic amines) is 1. The fourth-order valence-electron chi connectivity index (χ4n) is 4.56. The highest BCUT2D eigenvalue weighted by atomic mass is 16.5. The molecule has 1 saturated heterocycles. The summed E-state index contributed by atoms with van der Waals surface area (Å²) in [6.45, 7) is 10.1. The van der Waals surface area contributed by atoms with Crippen molar-refractivity contribution in [1.82, 2.24) is 30.4 Å². The van der Waals surface area contributed by atoms with Gasteiger partial charge in [0.25, 0.3) is 0 Å². The lowest BCUT2D eigenvalue weighted by Crippen LogP contribution is -2.50. The van der Waals surface area contributed by atoms with Gasteiger partial charge in [-0.25, -0.2) is 4.68 Å². The molecule has 1 saturated carbocycles. The zero-order valence-electron chi connectivity index (χ0n) is 20.0. The number of carbonyl (C=O) groups excluding carboxylic acids is 2. The third kappa shape index (κ3) is 4.80. The number of aryl methyl sites for hydroxylation is 2. The molecular formula is C23H34N6O4. The van der Waals surface area contributed by atoms with Crippen molar-refractivity contribution in [3.63, 3.8) is 0 Å². The van der Waals surface area contributed by atoms with E-state index in [0.29, 0.717) is 12.3 Å². The minimum Gasteiger partial charge on any atom is -0.391 e. The van der Waals surface area contributed by atoms with E-state index in [2.05, 4.69) is 20.8 Å². The van der Waals surface area contributed by atoms with Gasteiger partial charge in [-0.05, 0) is 25.2 Å². The Labute approximate surface area is 193 Å². The van der Waals surface area contributed by atoms with Crippen LogP contribution in [0.4, 0.5) is 0 Å². The van der Waals surface area contributed by atoms with Gasteiger partial charge in [-0.15, -0.1) is 5.10 Å². The average molecular weight is 459 g/mol. The number of aliphatic hydroxyl groups excluding tert-OH is 1. The minimum absolute atomic E-state index is 0.111. The molecule has 0 radical (unpaired) electrons. The van der Waals surface area contributed by atoms with E-state index >= 15 is 0 Å². The third-order valence-corrected chi connectivity index (χ3v) is 6.53. The minimum atomic E-state index is -0.758. The van der Waals surface area contributed by atoms with Crippen molar-refractivity contribution in [2.45, 2.75) is 91.0 Å². The fraction of sp³-hybridized carbons (Fsp3) is 0.696. The van der Waals surface area contributed by atoms with Crippen molar-refractivity contribution < 1.29 is 19.2 Å². The Hall–Kier alpha value is -2.75. The number of aromatic nitrogens is 4. The van der Waals surface area contributed by atoms with Gasteiger partial charge in [0.15, 0.2) is 0 Å². The Morgan fingerprint density at radius 3 is 2.70 bits per heavy atom. The highest BCUT2D eigenvalue weighted by Gasteiger charge is 2.45. The lowest BCUT2D eigenvalue weighted by atomic mass is 9.85. The van der Waals surface area contributed by atoms with E-state index in [1.807, 2.05) is 40.8 Å². The lowest BCUT2D eigenvalue weighted by molar-refractivity contribution is -0.144. The van der Waals surface area contributed by atoms with E-state index in [1.54, 1.807) is 4.68 Å². The first-order valence-corrected chi connectivity index (χ1v) is 11.7. The molecule has 4 rings (SSSR count). The lowest BCUT2D eigenvalue weighted by Gasteiger charge is -2.34. The predicted molar refractivity (Wildman–Crippen MR) is 119 cm³/mol. The van der Waals surface area contributed by atoms with E-state index in [-0.39, 0.29) is 31.3 Å². The summed E-state index contributed by atoms with van der Waals surface area (Å²) in [5.74, 6) is 0.627. The molecule has 10 nitrogen and oxygen atoms in total. The first kappa shape index (κ1) is 23.4. The van der Waals surface area contributed by atoms with Gasteiger partial charge in [-0.3, -0.25) is 9.59 Å². The molecule has 33 heavy (non-hydrogen) atoms. The summed E-state index contributed by atoms with van der Waals surface area (Å²) in [6, 6.07) is -1.39. The molecule has 0 spiro atoms. The molecule has 3 heterocycles. The topological polar surface area (TPSA) is 126 Å². The first-order chi connectivity index (χ1) is 15.6. The van der Waals surface area contributed by atoms with Crippen LogP contribution in [0.25, 0.3) is 0 Å². The molecule has 2 unspecified atom stereocenters. The number of aliphatic hydroxyl groups is 1. The van der Waals surface area contributed by atoms with Crippen LogP contribution in [-0.4, -0.2) is 60.7 Å². The molecule has 2 aromatic rings. The number of nitrogens with one attached hydrogen (secondary N) is 1. The molecule has 2 aliphatic rings. The summed E-state index contributed by atoms with van der Waals surface area (Å²) in [5.41, 5.74) is 2.03. The van der Waals surface area contributed by atoms with Crippen LogP contribution in [0.1, 0.15) is 81.6 Å². The van der Waals surface area contributed by atoms with Crippen LogP contribution in [0, 0.1) is 12.3 Å². The van der Waals surface area contributed by atoms with Gasteiger partial charge in [0, 0.05) is 43.6 Å². The highest BCUT2D eigenvalue weighted by molar-refractivity contribution is 5.90. The number of nitrogens with zero attached hydrogens (tertiary/aromatic N) is 5. The molecular weight excluding hydrogens is 424 g/mol. The van der Waals surface area contributed by atoms with E-state index in [1.165, 1.54) is 4.90 Å². The van der Waals surface area contributed by atoms with Gasteiger partial charge in [-0.1, -0.05) is 38.1 Å². The van der Waals surface area contributed by atoms with Crippen molar-refractivity contribution in [3.8, 4) is 0 Å². The maximum absolute atomic E-state index is 13.8. The molecule has 2 aromatic heterocycles. The summed E-state index contributed by atoms with van der Waals surface area (Å²) in [6.07, 6.45) is 4.16. The molecule has 2 fully saturated rings. The number of rotatable bonds is 7. The zero-order valence-corrected chi connectivity index (χ0v) is 20.0. The van der Waals surface area contributed by atoms with Crippen LogP contribution in [-0.2, 0) is 22.6 Å². The van der Waals surface area contributed by atoms with Gasteiger partial charge in [0.2, 0.25) is 11.8 Å². The normalized spacial score (nSPS) is 21.9. The number of amides is 2. The molecule has 1 aliphatic heterocycles. The SMILES string of the molecule is CCc1onc(C)c1CNC(=O)C1CC(O)CN1C(=O)[C@@H](n1cc(C2CC2)nn1)C(C)(C)C. The number of hydrogen-bond acceptors (Lipinski definition) is 7. The van der Waals surface area contributed by atoms with Crippen LogP contribution in [0.2, 0.25) is 0 Å². The second kappa shape index (κ2) is 8.89. The largest absolute Gasteiger partial charge is 0.391 e.